The molecule has 0 aromatic heterocycles. The van der Waals surface area contributed by atoms with E-state index in [1.807, 2.05) is 22.6 Å². The Labute approximate surface area is 145 Å². The lowest BCUT2D eigenvalue weighted by atomic mass is 9.86. The van der Waals surface area contributed by atoms with E-state index in [9.17, 15) is 23.1 Å². The first-order valence-electron chi connectivity index (χ1n) is 6.83. The van der Waals surface area contributed by atoms with Gasteiger partial charge in [-0.1, -0.05) is 20.8 Å². The Bertz CT molecular complexity index is 650. The van der Waals surface area contributed by atoms with Crippen LogP contribution in [-0.4, -0.2) is 33.6 Å². The zero-order chi connectivity index (χ0) is 17.6. The molecule has 1 aromatic rings. The Morgan fingerprint density at radius 2 is 1.78 bits per heavy atom. The van der Waals surface area contributed by atoms with Crippen molar-refractivity contribution in [1.82, 2.24) is 5.01 Å². The van der Waals surface area contributed by atoms with Crippen molar-refractivity contribution in [2.45, 2.75) is 39.1 Å². The Balaban J connectivity index is 2.48. The minimum absolute atomic E-state index is 0.0343. The highest BCUT2D eigenvalue weighted by atomic mass is 127. The highest BCUT2D eigenvalue weighted by Crippen LogP contribution is 2.43. The first-order valence-corrected chi connectivity index (χ1v) is 7.91. The van der Waals surface area contributed by atoms with Gasteiger partial charge in [-0.25, -0.2) is 0 Å². The van der Waals surface area contributed by atoms with E-state index in [0.29, 0.717) is 0 Å². The summed E-state index contributed by atoms with van der Waals surface area (Å²) in [6, 6.07) is 6.02. The molecule has 0 saturated carbocycles. The lowest BCUT2D eigenvalue weighted by Crippen LogP contribution is -2.56. The molecule has 1 aromatic carbocycles. The fraction of sp³-hybridized carbons (Fsp3) is 0.467. The van der Waals surface area contributed by atoms with E-state index < -0.39 is 29.6 Å². The fourth-order valence-electron chi connectivity index (χ4n) is 2.11. The molecule has 0 spiro atoms. The monoisotopic (exact) mass is 440 g/mol. The smallest absolute Gasteiger partial charge is 0.362 e. The third-order valence-corrected chi connectivity index (χ3v) is 4.31. The molecule has 126 valence electrons. The second-order valence-corrected chi connectivity index (χ2v) is 7.66. The average Bonchev–Trinajstić information content (AvgIpc) is 2.78. The molecule has 0 unspecified atom stereocenters. The second kappa shape index (κ2) is 5.73. The van der Waals surface area contributed by atoms with E-state index in [-0.39, 0.29) is 16.3 Å². The number of rotatable bonds is 1. The molecular weight excluding hydrogens is 424 g/mol. The van der Waals surface area contributed by atoms with Gasteiger partial charge in [0.05, 0.1) is 0 Å². The topological polar surface area (TPSA) is 52.9 Å². The third-order valence-electron chi connectivity index (χ3n) is 3.59. The molecule has 0 aliphatic carbocycles. The van der Waals surface area contributed by atoms with E-state index in [4.69, 9.17) is 0 Å². The van der Waals surface area contributed by atoms with E-state index in [0.717, 1.165) is 3.57 Å². The fourth-order valence-corrected chi connectivity index (χ4v) is 2.47. The van der Waals surface area contributed by atoms with Crippen LogP contribution in [0.25, 0.3) is 0 Å². The van der Waals surface area contributed by atoms with Crippen molar-refractivity contribution in [2.75, 3.05) is 0 Å². The lowest BCUT2D eigenvalue weighted by Gasteiger charge is -2.32. The van der Waals surface area contributed by atoms with Gasteiger partial charge in [0, 0.05) is 26.7 Å². The molecule has 23 heavy (non-hydrogen) atoms. The van der Waals surface area contributed by atoms with Gasteiger partial charge in [-0.15, -0.1) is 0 Å². The van der Waals surface area contributed by atoms with E-state index in [1.165, 1.54) is 12.1 Å². The van der Waals surface area contributed by atoms with E-state index in [1.54, 1.807) is 32.9 Å². The van der Waals surface area contributed by atoms with Gasteiger partial charge in [-0.3, -0.25) is 4.79 Å². The number of hydrogen-bond acceptors (Lipinski definition) is 3. The van der Waals surface area contributed by atoms with Gasteiger partial charge in [-0.05, 0) is 46.9 Å². The number of benzene rings is 1. The van der Waals surface area contributed by atoms with Crippen LogP contribution in [0.2, 0.25) is 0 Å². The minimum Gasteiger partial charge on any atom is -0.362 e. The number of carbonyl (C=O) groups is 1. The van der Waals surface area contributed by atoms with Crippen LogP contribution in [-0.2, 0) is 0 Å². The van der Waals surface area contributed by atoms with Crippen LogP contribution < -0.4 is 0 Å². The summed E-state index contributed by atoms with van der Waals surface area (Å²) in [6.07, 6.45) is -5.77. The predicted octanol–water partition coefficient (Wildman–Crippen LogP) is 3.79. The molecule has 1 atom stereocenters. The van der Waals surface area contributed by atoms with Crippen molar-refractivity contribution < 1.29 is 23.1 Å². The van der Waals surface area contributed by atoms with Gasteiger partial charge in [0.1, 0.15) is 0 Å². The summed E-state index contributed by atoms with van der Waals surface area (Å²) in [5.41, 5.74) is -3.86. The summed E-state index contributed by atoms with van der Waals surface area (Å²) in [4.78, 5) is 12.4. The van der Waals surface area contributed by atoms with Gasteiger partial charge in [0.25, 0.3) is 11.6 Å². The molecule has 2 rings (SSSR count). The Kier molecular flexibility index (Phi) is 4.53. The minimum atomic E-state index is -5.01. The number of hydrazone groups is 1. The average molecular weight is 440 g/mol. The molecule has 1 heterocycles. The largest absolute Gasteiger partial charge is 0.438 e. The number of aliphatic hydroxyl groups is 1. The van der Waals surface area contributed by atoms with Crippen molar-refractivity contribution >= 4 is 34.2 Å². The zero-order valence-electron chi connectivity index (χ0n) is 12.8. The van der Waals surface area contributed by atoms with E-state index in [2.05, 4.69) is 5.10 Å². The van der Waals surface area contributed by atoms with Gasteiger partial charge in [0.2, 0.25) is 0 Å². The molecule has 0 bridgehead atoms. The number of hydrogen-bond donors (Lipinski definition) is 1. The zero-order valence-corrected chi connectivity index (χ0v) is 14.9. The molecule has 1 N–H and O–H groups in total. The van der Waals surface area contributed by atoms with Crippen LogP contribution in [0.5, 0.6) is 0 Å². The van der Waals surface area contributed by atoms with Crippen molar-refractivity contribution in [2.24, 2.45) is 10.5 Å². The Hall–Kier alpha value is -1.16. The summed E-state index contributed by atoms with van der Waals surface area (Å²) < 4.78 is 41.0. The molecule has 8 heteroatoms. The van der Waals surface area contributed by atoms with Crippen LogP contribution in [0.15, 0.2) is 29.4 Å². The van der Waals surface area contributed by atoms with Crippen LogP contribution in [0.3, 0.4) is 0 Å². The third kappa shape index (κ3) is 3.37. The van der Waals surface area contributed by atoms with Crippen LogP contribution in [0.1, 0.15) is 37.6 Å². The van der Waals surface area contributed by atoms with Crippen LogP contribution in [0.4, 0.5) is 13.2 Å². The summed E-state index contributed by atoms with van der Waals surface area (Å²) in [5, 5.41) is 14.1. The molecular formula is C15H16F3IN2O2. The molecule has 1 aliphatic rings. The van der Waals surface area contributed by atoms with Crippen LogP contribution in [0, 0.1) is 8.99 Å². The molecule has 0 saturated heterocycles. The summed E-state index contributed by atoms with van der Waals surface area (Å²) in [5.74, 6) is -0.986. The summed E-state index contributed by atoms with van der Waals surface area (Å²) >= 11 is 2.02. The normalized spacial score (nSPS) is 22.3. The molecule has 1 aliphatic heterocycles. The maximum atomic E-state index is 13.4. The first-order chi connectivity index (χ1) is 10.4. The van der Waals surface area contributed by atoms with Crippen molar-refractivity contribution in [3.8, 4) is 0 Å². The Morgan fingerprint density at radius 1 is 1.26 bits per heavy atom. The molecule has 1 amide bonds. The number of nitrogens with zero attached hydrogens (tertiary/aromatic N) is 2. The standard InChI is InChI=1S/C15H16F3IN2O2/c1-13(2,3)11-8-14(23,15(16,17)18)21(20-11)12(22)9-4-6-10(19)7-5-9/h4-7,23H,8H2,1-3H3/t14-/m0/s1. The van der Waals surface area contributed by atoms with Gasteiger partial charge < -0.3 is 5.11 Å². The van der Waals surface area contributed by atoms with Gasteiger partial charge in [0.15, 0.2) is 0 Å². The summed E-state index contributed by atoms with van der Waals surface area (Å²) in [6.45, 7) is 5.05. The number of amides is 1. The summed E-state index contributed by atoms with van der Waals surface area (Å²) in [7, 11) is 0. The number of alkyl halides is 3. The predicted molar refractivity (Wildman–Crippen MR) is 87.8 cm³/mol. The van der Waals surface area contributed by atoms with Gasteiger partial charge >= 0.3 is 6.18 Å². The van der Waals surface area contributed by atoms with Crippen molar-refractivity contribution in [3.05, 3.63) is 33.4 Å². The van der Waals surface area contributed by atoms with E-state index >= 15 is 0 Å². The van der Waals surface area contributed by atoms with Gasteiger partial charge in [-0.2, -0.15) is 23.3 Å². The lowest BCUT2D eigenvalue weighted by molar-refractivity contribution is -0.297. The second-order valence-electron chi connectivity index (χ2n) is 6.41. The first kappa shape index (κ1) is 18.2. The molecule has 4 nitrogen and oxygen atoms in total. The maximum Gasteiger partial charge on any atom is 0.438 e. The van der Waals surface area contributed by atoms with Crippen molar-refractivity contribution in [3.63, 3.8) is 0 Å². The van der Waals surface area contributed by atoms with Crippen LogP contribution >= 0.6 is 22.6 Å². The number of carbonyl (C=O) groups excluding carboxylic acids is 1. The Morgan fingerprint density at radius 3 is 2.22 bits per heavy atom. The molecule has 0 radical (unpaired) electrons. The quantitative estimate of drug-likeness (QED) is 0.676. The highest BCUT2D eigenvalue weighted by molar-refractivity contribution is 14.1. The van der Waals surface area contributed by atoms with Crippen molar-refractivity contribution in [1.29, 1.82) is 0 Å². The highest BCUT2D eigenvalue weighted by Gasteiger charge is 2.64. The maximum absolute atomic E-state index is 13.4. The SMILES string of the molecule is CC(C)(C)C1=NN(C(=O)c2ccc(I)cc2)[C@@](O)(C(F)(F)F)C1. The number of halogens is 4. The molecule has 0 fully saturated rings.